The third-order valence-corrected chi connectivity index (χ3v) is 3.60. The molecule has 0 aliphatic heterocycles. The van der Waals surface area contributed by atoms with Crippen molar-refractivity contribution < 1.29 is 13.9 Å². The number of nitrogens with one attached hydrogen (secondary N) is 1. The molecule has 0 fully saturated rings. The van der Waals surface area contributed by atoms with E-state index in [1.165, 1.54) is 5.56 Å². The van der Waals surface area contributed by atoms with Crippen molar-refractivity contribution in [2.24, 2.45) is 0 Å². The quantitative estimate of drug-likeness (QED) is 0.919. The monoisotopic (exact) mass is 316 g/mol. The van der Waals surface area contributed by atoms with Crippen molar-refractivity contribution in [3.05, 3.63) is 47.2 Å². The van der Waals surface area contributed by atoms with Crippen LogP contribution in [-0.4, -0.2) is 17.5 Å². The summed E-state index contributed by atoms with van der Waals surface area (Å²) in [6.07, 6.45) is 0. The third kappa shape index (κ3) is 4.84. The summed E-state index contributed by atoms with van der Waals surface area (Å²) in [6, 6.07) is 7.81. The predicted molar refractivity (Wildman–Crippen MR) is 88.5 cm³/mol. The van der Waals surface area contributed by atoms with Gasteiger partial charge in [-0.25, -0.2) is 4.98 Å². The Kier molecular flexibility index (Phi) is 5.08. The molecule has 1 N–H and O–H groups in total. The minimum absolute atomic E-state index is 0.0342. The molecule has 5 heteroatoms. The lowest BCUT2D eigenvalue weighted by Crippen LogP contribution is -2.28. The maximum Gasteiger partial charge on any atom is 0.258 e. The minimum Gasteiger partial charge on any atom is -0.484 e. The summed E-state index contributed by atoms with van der Waals surface area (Å²) in [5, 5.41) is 2.73. The van der Waals surface area contributed by atoms with Gasteiger partial charge in [0.05, 0.1) is 12.2 Å². The van der Waals surface area contributed by atoms with Gasteiger partial charge in [-0.2, -0.15) is 0 Å². The number of carbonyl (C=O) groups excluding carboxylic acids is 1. The molecule has 1 aromatic heterocycles. The van der Waals surface area contributed by atoms with E-state index in [1.807, 2.05) is 38.1 Å². The maximum absolute atomic E-state index is 11.8. The third-order valence-electron chi connectivity index (χ3n) is 3.60. The van der Waals surface area contributed by atoms with E-state index in [0.717, 1.165) is 11.5 Å². The van der Waals surface area contributed by atoms with E-state index in [0.29, 0.717) is 11.6 Å². The van der Waals surface area contributed by atoms with Gasteiger partial charge in [-0.3, -0.25) is 4.79 Å². The van der Waals surface area contributed by atoms with Gasteiger partial charge in [0.15, 0.2) is 6.61 Å². The lowest BCUT2D eigenvalue weighted by Gasteiger charge is -2.19. The van der Waals surface area contributed by atoms with Crippen LogP contribution in [0.1, 0.15) is 43.7 Å². The second kappa shape index (κ2) is 6.86. The number of rotatable bonds is 5. The highest BCUT2D eigenvalue weighted by atomic mass is 16.5. The number of hydrogen-bond donors (Lipinski definition) is 1. The Morgan fingerprint density at radius 3 is 2.39 bits per heavy atom. The lowest BCUT2D eigenvalue weighted by molar-refractivity contribution is -0.123. The van der Waals surface area contributed by atoms with Gasteiger partial charge in [-0.05, 0) is 37.0 Å². The summed E-state index contributed by atoms with van der Waals surface area (Å²) < 4.78 is 10.9. The Labute approximate surface area is 137 Å². The molecule has 2 rings (SSSR count). The van der Waals surface area contributed by atoms with Crippen molar-refractivity contribution in [1.82, 2.24) is 10.3 Å². The molecule has 5 nitrogen and oxygen atoms in total. The Morgan fingerprint density at radius 2 is 1.87 bits per heavy atom. The topological polar surface area (TPSA) is 64.4 Å². The SMILES string of the molecule is Cc1nc(CNC(=O)COc2ccc(C(C)(C)C)cc2)oc1C. The molecule has 23 heavy (non-hydrogen) atoms. The zero-order valence-corrected chi connectivity index (χ0v) is 14.4. The van der Waals surface area contributed by atoms with Gasteiger partial charge in [0, 0.05) is 0 Å². The van der Waals surface area contributed by atoms with Crippen molar-refractivity contribution in [3.8, 4) is 5.75 Å². The van der Waals surface area contributed by atoms with Crippen molar-refractivity contribution in [2.75, 3.05) is 6.61 Å². The standard InChI is InChI=1S/C18H24N2O3/c1-12-13(2)23-17(20-12)10-19-16(21)11-22-15-8-6-14(7-9-15)18(3,4)5/h6-9H,10-11H2,1-5H3,(H,19,21). The summed E-state index contributed by atoms with van der Waals surface area (Å²) in [4.78, 5) is 16.0. The first kappa shape index (κ1) is 17.1. The molecule has 0 atom stereocenters. The van der Waals surface area contributed by atoms with Crippen LogP contribution in [0.5, 0.6) is 5.75 Å². The highest BCUT2D eigenvalue weighted by Crippen LogP contribution is 2.24. The van der Waals surface area contributed by atoms with E-state index in [2.05, 4.69) is 31.1 Å². The molecule has 0 spiro atoms. The van der Waals surface area contributed by atoms with Gasteiger partial charge in [0.2, 0.25) is 5.89 Å². The molecule has 0 aliphatic carbocycles. The number of hydrogen-bond acceptors (Lipinski definition) is 4. The second-order valence-corrected chi connectivity index (χ2v) is 6.59. The molecule has 0 saturated heterocycles. The van der Waals surface area contributed by atoms with Gasteiger partial charge >= 0.3 is 0 Å². The van der Waals surface area contributed by atoms with Gasteiger partial charge < -0.3 is 14.5 Å². The average Bonchev–Trinajstić information content (AvgIpc) is 2.81. The molecule has 0 bridgehead atoms. The summed E-state index contributed by atoms with van der Waals surface area (Å²) in [5.74, 6) is 1.74. The molecule has 0 unspecified atom stereocenters. The van der Waals surface area contributed by atoms with E-state index in [-0.39, 0.29) is 24.5 Å². The fraction of sp³-hybridized carbons (Fsp3) is 0.444. The number of aryl methyl sites for hydroxylation is 2. The van der Waals surface area contributed by atoms with E-state index >= 15 is 0 Å². The van der Waals surface area contributed by atoms with Crippen molar-refractivity contribution >= 4 is 5.91 Å². The number of ether oxygens (including phenoxy) is 1. The average molecular weight is 316 g/mol. The number of oxazole rings is 1. The first-order valence-corrected chi connectivity index (χ1v) is 7.68. The lowest BCUT2D eigenvalue weighted by atomic mass is 9.87. The highest BCUT2D eigenvalue weighted by molar-refractivity contribution is 5.77. The van der Waals surface area contributed by atoms with Crippen LogP contribution < -0.4 is 10.1 Å². The predicted octanol–water partition coefficient (Wildman–Crippen LogP) is 3.28. The number of benzene rings is 1. The maximum atomic E-state index is 11.8. The molecular formula is C18H24N2O3. The molecule has 1 amide bonds. The molecule has 1 aromatic carbocycles. The van der Waals surface area contributed by atoms with Crippen LogP contribution in [0.4, 0.5) is 0 Å². The van der Waals surface area contributed by atoms with Gasteiger partial charge in [0.25, 0.3) is 5.91 Å². The summed E-state index contributed by atoms with van der Waals surface area (Å²) >= 11 is 0. The number of aromatic nitrogens is 1. The minimum atomic E-state index is -0.210. The van der Waals surface area contributed by atoms with Crippen LogP contribution in [0.2, 0.25) is 0 Å². The molecule has 0 aliphatic rings. The van der Waals surface area contributed by atoms with Crippen molar-refractivity contribution in [1.29, 1.82) is 0 Å². The van der Waals surface area contributed by atoms with Crippen LogP contribution in [0.25, 0.3) is 0 Å². The molecule has 0 saturated carbocycles. The Hall–Kier alpha value is -2.30. The zero-order valence-electron chi connectivity index (χ0n) is 14.4. The smallest absolute Gasteiger partial charge is 0.258 e. The Balaban J connectivity index is 1.80. The van der Waals surface area contributed by atoms with Gasteiger partial charge in [-0.1, -0.05) is 32.9 Å². The number of nitrogens with zero attached hydrogens (tertiary/aromatic N) is 1. The van der Waals surface area contributed by atoms with Crippen LogP contribution in [0.15, 0.2) is 28.7 Å². The van der Waals surface area contributed by atoms with Crippen LogP contribution >= 0.6 is 0 Å². The molecule has 1 heterocycles. The highest BCUT2D eigenvalue weighted by Gasteiger charge is 2.13. The van der Waals surface area contributed by atoms with Crippen molar-refractivity contribution in [2.45, 2.75) is 46.6 Å². The van der Waals surface area contributed by atoms with Gasteiger partial charge in [0.1, 0.15) is 11.5 Å². The molecule has 0 radical (unpaired) electrons. The number of amides is 1. The van der Waals surface area contributed by atoms with Crippen LogP contribution in [0.3, 0.4) is 0 Å². The molecular weight excluding hydrogens is 292 g/mol. The Morgan fingerprint density at radius 1 is 1.22 bits per heavy atom. The fourth-order valence-electron chi connectivity index (χ4n) is 2.04. The van der Waals surface area contributed by atoms with Crippen LogP contribution in [-0.2, 0) is 16.8 Å². The largest absolute Gasteiger partial charge is 0.484 e. The first-order chi connectivity index (χ1) is 10.8. The summed E-state index contributed by atoms with van der Waals surface area (Å²) in [5.41, 5.74) is 2.16. The van der Waals surface area contributed by atoms with E-state index in [4.69, 9.17) is 9.15 Å². The van der Waals surface area contributed by atoms with Crippen molar-refractivity contribution in [3.63, 3.8) is 0 Å². The van der Waals surface area contributed by atoms with E-state index < -0.39 is 0 Å². The van der Waals surface area contributed by atoms with E-state index in [1.54, 1.807) is 0 Å². The first-order valence-electron chi connectivity index (χ1n) is 7.68. The second-order valence-electron chi connectivity index (χ2n) is 6.59. The van der Waals surface area contributed by atoms with Gasteiger partial charge in [-0.15, -0.1) is 0 Å². The molecule has 124 valence electrons. The fourth-order valence-corrected chi connectivity index (χ4v) is 2.04. The zero-order chi connectivity index (χ0) is 17.0. The summed E-state index contributed by atoms with van der Waals surface area (Å²) in [7, 11) is 0. The Bertz CT molecular complexity index is 647. The van der Waals surface area contributed by atoms with E-state index in [9.17, 15) is 4.79 Å². The van der Waals surface area contributed by atoms with Crippen LogP contribution in [0, 0.1) is 13.8 Å². The number of carbonyl (C=O) groups is 1. The molecule has 2 aromatic rings. The summed E-state index contributed by atoms with van der Waals surface area (Å²) in [6.45, 7) is 10.4. The normalized spacial score (nSPS) is 11.3.